The fourth-order valence-corrected chi connectivity index (χ4v) is 4.56. The quantitative estimate of drug-likeness (QED) is 0.528. The Bertz CT molecular complexity index is 718. The van der Waals surface area contributed by atoms with Gasteiger partial charge in [0.15, 0.2) is 0 Å². The lowest BCUT2D eigenvalue weighted by molar-refractivity contribution is -0.150. The van der Waals surface area contributed by atoms with Gasteiger partial charge in [0.1, 0.15) is 17.2 Å². The highest BCUT2D eigenvalue weighted by Gasteiger charge is 2.43. The monoisotopic (exact) mass is 467 g/mol. The third-order valence-corrected chi connectivity index (χ3v) is 6.81. The van der Waals surface area contributed by atoms with Gasteiger partial charge in [-0.2, -0.15) is 0 Å². The lowest BCUT2D eigenvalue weighted by atomic mass is 9.81. The topological polar surface area (TPSA) is 125 Å². The van der Waals surface area contributed by atoms with Gasteiger partial charge in [0.05, 0.1) is 0 Å². The van der Waals surface area contributed by atoms with Crippen molar-refractivity contribution in [2.24, 2.45) is 11.8 Å². The third-order valence-electron chi connectivity index (χ3n) is 6.81. The average Bonchev–Trinajstić information content (AvgIpc) is 2.76. The molecular weight excluding hydrogens is 426 g/mol. The highest BCUT2D eigenvalue weighted by molar-refractivity contribution is 5.89. The molecule has 0 aromatic rings. The van der Waals surface area contributed by atoms with Gasteiger partial charge in [-0.3, -0.25) is 9.59 Å². The van der Waals surface area contributed by atoms with E-state index in [1.54, 1.807) is 25.7 Å². The van der Waals surface area contributed by atoms with Gasteiger partial charge in [-0.15, -0.1) is 0 Å². The molecule has 0 radical (unpaired) electrons. The van der Waals surface area contributed by atoms with Crippen LogP contribution in [-0.4, -0.2) is 64.2 Å². The first-order valence-electron chi connectivity index (χ1n) is 12.2. The number of likely N-dealkylation sites (tertiary alicyclic amines) is 1. The lowest BCUT2D eigenvalue weighted by Crippen LogP contribution is -2.58. The molecule has 9 nitrogen and oxygen atoms in total. The number of carbonyl (C=O) groups excluding carboxylic acids is 3. The minimum Gasteiger partial charge on any atom is -0.480 e. The summed E-state index contributed by atoms with van der Waals surface area (Å²) < 4.78 is 5.33. The number of ether oxygens (including phenoxy) is 1. The number of carboxylic acids is 1. The molecular formula is C24H41N3O6. The van der Waals surface area contributed by atoms with Crippen LogP contribution in [0.4, 0.5) is 4.79 Å². The van der Waals surface area contributed by atoms with Crippen molar-refractivity contribution in [3.8, 4) is 0 Å². The number of carboxylic acid groups (broad SMARTS) is 1. The third kappa shape index (κ3) is 7.33. The fraction of sp³-hybridized carbons (Fsp3) is 0.833. The van der Waals surface area contributed by atoms with E-state index in [1.807, 2.05) is 13.8 Å². The van der Waals surface area contributed by atoms with Crippen molar-refractivity contribution in [3.63, 3.8) is 0 Å². The summed E-state index contributed by atoms with van der Waals surface area (Å²) in [6.07, 6.45) is 4.50. The highest BCUT2D eigenvalue weighted by Crippen LogP contribution is 2.30. The van der Waals surface area contributed by atoms with Crippen LogP contribution in [0.5, 0.6) is 0 Å². The normalized spacial score (nSPS) is 20.9. The van der Waals surface area contributed by atoms with Gasteiger partial charge in [0.25, 0.3) is 0 Å². The zero-order valence-corrected chi connectivity index (χ0v) is 20.7. The standard InChI is InChI=1S/C24H41N3O6/c1-6-16(2)18(25-22(32)33-23(3,4)5)20(29)27-14-10-17(11-15-27)19(28)26-24(21(30)31)12-8-7-9-13-24/h16-18H,6-15H2,1-5H3,(H,25,32)(H,26,28)(H,30,31)/t16-,18+/m1/s1. The molecule has 1 heterocycles. The van der Waals surface area contributed by atoms with Gasteiger partial charge in [0.2, 0.25) is 11.8 Å². The summed E-state index contributed by atoms with van der Waals surface area (Å²) >= 11 is 0. The first-order chi connectivity index (χ1) is 15.4. The van der Waals surface area contributed by atoms with Crippen LogP contribution in [0.2, 0.25) is 0 Å². The van der Waals surface area contributed by atoms with Crippen LogP contribution in [-0.2, 0) is 19.1 Å². The van der Waals surface area contributed by atoms with Crippen molar-refractivity contribution >= 4 is 23.9 Å². The maximum atomic E-state index is 13.2. The second kappa shape index (κ2) is 11.2. The Morgan fingerprint density at radius 2 is 1.67 bits per heavy atom. The van der Waals surface area contributed by atoms with E-state index in [1.165, 1.54) is 0 Å². The predicted octanol–water partition coefficient (Wildman–Crippen LogP) is 3.07. The molecule has 9 heteroatoms. The zero-order valence-electron chi connectivity index (χ0n) is 20.7. The summed E-state index contributed by atoms with van der Waals surface area (Å²) in [7, 11) is 0. The molecule has 2 fully saturated rings. The highest BCUT2D eigenvalue weighted by atomic mass is 16.6. The number of aliphatic carboxylic acids is 1. The Labute approximate surface area is 197 Å². The van der Waals surface area contributed by atoms with Crippen LogP contribution in [0.25, 0.3) is 0 Å². The summed E-state index contributed by atoms with van der Waals surface area (Å²) in [5.74, 6) is -1.78. The Hall–Kier alpha value is -2.32. The number of piperidine rings is 1. The number of hydrogen-bond donors (Lipinski definition) is 3. The van der Waals surface area contributed by atoms with Gasteiger partial charge in [-0.25, -0.2) is 9.59 Å². The first-order valence-corrected chi connectivity index (χ1v) is 12.2. The minimum atomic E-state index is -1.17. The molecule has 3 amide bonds. The maximum absolute atomic E-state index is 13.2. The summed E-state index contributed by atoms with van der Waals surface area (Å²) in [5, 5.41) is 15.3. The molecule has 1 aliphatic carbocycles. The van der Waals surface area contributed by atoms with E-state index < -0.39 is 29.2 Å². The van der Waals surface area contributed by atoms with Crippen LogP contribution in [0.1, 0.15) is 86.0 Å². The molecule has 3 N–H and O–H groups in total. The van der Waals surface area contributed by atoms with Gasteiger partial charge in [0, 0.05) is 19.0 Å². The molecule has 0 aromatic heterocycles. The molecule has 2 aliphatic rings. The van der Waals surface area contributed by atoms with E-state index in [0.29, 0.717) is 45.2 Å². The largest absolute Gasteiger partial charge is 0.480 e. The zero-order chi connectivity index (χ0) is 24.8. The van der Waals surface area contributed by atoms with E-state index in [-0.39, 0.29) is 23.7 Å². The molecule has 1 saturated carbocycles. The van der Waals surface area contributed by atoms with Crippen LogP contribution in [0.15, 0.2) is 0 Å². The van der Waals surface area contributed by atoms with Crippen LogP contribution >= 0.6 is 0 Å². The predicted molar refractivity (Wildman–Crippen MR) is 124 cm³/mol. The van der Waals surface area contributed by atoms with Gasteiger partial charge >= 0.3 is 12.1 Å². The molecule has 188 valence electrons. The molecule has 0 aromatic carbocycles. The van der Waals surface area contributed by atoms with E-state index in [2.05, 4.69) is 10.6 Å². The molecule has 2 rings (SSSR count). The second-order valence-electron chi connectivity index (χ2n) is 10.5. The van der Waals surface area contributed by atoms with Gasteiger partial charge in [-0.1, -0.05) is 39.5 Å². The molecule has 33 heavy (non-hydrogen) atoms. The van der Waals surface area contributed by atoms with Crippen molar-refractivity contribution in [3.05, 3.63) is 0 Å². The van der Waals surface area contributed by atoms with Gasteiger partial charge in [-0.05, 0) is 52.4 Å². The SMILES string of the molecule is CC[C@@H](C)[C@H](NC(=O)OC(C)(C)C)C(=O)N1CCC(C(=O)NC2(C(=O)O)CCCCC2)CC1. The Morgan fingerprint density at radius 1 is 1.09 bits per heavy atom. The van der Waals surface area contributed by atoms with Crippen molar-refractivity contribution in [2.45, 2.75) is 103 Å². The van der Waals surface area contributed by atoms with Crippen molar-refractivity contribution in [2.75, 3.05) is 13.1 Å². The second-order valence-corrected chi connectivity index (χ2v) is 10.5. The van der Waals surface area contributed by atoms with Crippen molar-refractivity contribution < 1.29 is 29.0 Å². The Balaban J connectivity index is 1.96. The van der Waals surface area contributed by atoms with E-state index in [4.69, 9.17) is 4.74 Å². The molecule has 1 saturated heterocycles. The van der Waals surface area contributed by atoms with Crippen molar-refractivity contribution in [1.82, 2.24) is 15.5 Å². The Morgan fingerprint density at radius 3 is 2.15 bits per heavy atom. The number of nitrogens with one attached hydrogen (secondary N) is 2. The summed E-state index contributed by atoms with van der Waals surface area (Å²) in [5.41, 5.74) is -1.83. The van der Waals surface area contributed by atoms with Crippen LogP contribution in [0, 0.1) is 11.8 Å². The number of alkyl carbamates (subject to hydrolysis) is 1. The van der Waals surface area contributed by atoms with E-state index >= 15 is 0 Å². The molecule has 1 aliphatic heterocycles. The molecule has 0 spiro atoms. The first kappa shape index (κ1) is 26.9. The summed E-state index contributed by atoms with van der Waals surface area (Å²) in [6.45, 7) is 9.95. The number of amides is 3. The van der Waals surface area contributed by atoms with Crippen molar-refractivity contribution in [1.29, 1.82) is 0 Å². The van der Waals surface area contributed by atoms with Crippen LogP contribution in [0.3, 0.4) is 0 Å². The molecule has 0 unspecified atom stereocenters. The van der Waals surface area contributed by atoms with E-state index in [0.717, 1.165) is 19.3 Å². The maximum Gasteiger partial charge on any atom is 0.408 e. The number of rotatable bonds is 7. The minimum absolute atomic E-state index is 0.0761. The fourth-order valence-electron chi connectivity index (χ4n) is 4.56. The van der Waals surface area contributed by atoms with E-state index in [9.17, 15) is 24.3 Å². The number of nitrogens with zero attached hydrogens (tertiary/aromatic N) is 1. The number of hydrogen-bond acceptors (Lipinski definition) is 5. The molecule has 2 atom stereocenters. The average molecular weight is 468 g/mol. The smallest absolute Gasteiger partial charge is 0.408 e. The number of carbonyl (C=O) groups is 4. The lowest BCUT2D eigenvalue weighted by Gasteiger charge is -2.38. The summed E-state index contributed by atoms with van der Waals surface area (Å²) in [6, 6.07) is -0.701. The molecule has 0 bridgehead atoms. The summed E-state index contributed by atoms with van der Waals surface area (Å²) in [4.78, 5) is 51.9. The van der Waals surface area contributed by atoms with Gasteiger partial charge < -0.3 is 25.4 Å². The van der Waals surface area contributed by atoms with Crippen LogP contribution < -0.4 is 10.6 Å². The Kier molecular flexibility index (Phi) is 9.14.